The van der Waals surface area contributed by atoms with Gasteiger partial charge in [0, 0.05) is 6.04 Å². The Labute approximate surface area is 135 Å². The molecule has 0 bridgehead atoms. The van der Waals surface area contributed by atoms with Gasteiger partial charge in [-0.1, -0.05) is 36.0 Å². The predicted molar refractivity (Wildman–Crippen MR) is 88.9 cm³/mol. The van der Waals surface area contributed by atoms with E-state index >= 15 is 0 Å². The van der Waals surface area contributed by atoms with Gasteiger partial charge in [0.25, 0.3) is 0 Å². The molecule has 5 nitrogen and oxygen atoms in total. The number of amides is 1. The highest BCUT2D eigenvalue weighted by Crippen LogP contribution is 2.20. The number of carbonyl (C=O) groups excluding carboxylic acids is 1. The van der Waals surface area contributed by atoms with E-state index in [4.69, 9.17) is 0 Å². The van der Waals surface area contributed by atoms with E-state index in [1.165, 1.54) is 17.3 Å². The molecule has 0 aliphatic carbocycles. The van der Waals surface area contributed by atoms with Crippen molar-refractivity contribution in [1.29, 1.82) is 0 Å². The Morgan fingerprint density at radius 2 is 2.05 bits per heavy atom. The largest absolute Gasteiger partial charge is 0.349 e. The first-order valence-corrected chi connectivity index (χ1v) is 8.34. The van der Waals surface area contributed by atoms with Crippen molar-refractivity contribution in [3.05, 3.63) is 41.7 Å². The summed E-state index contributed by atoms with van der Waals surface area (Å²) in [6, 6.07) is 8.37. The average molecular weight is 318 g/mol. The number of benzene rings is 1. The Balaban J connectivity index is 1.91. The third-order valence-corrected chi connectivity index (χ3v) is 4.42. The third kappa shape index (κ3) is 4.10. The van der Waals surface area contributed by atoms with Crippen molar-refractivity contribution in [1.82, 2.24) is 20.1 Å². The molecule has 1 N–H and O–H groups in total. The highest BCUT2D eigenvalue weighted by atomic mass is 32.2. The maximum atomic E-state index is 12.1. The molecule has 6 heteroatoms. The van der Waals surface area contributed by atoms with Crippen LogP contribution in [0.5, 0.6) is 0 Å². The second kappa shape index (κ2) is 7.45. The van der Waals surface area contributed by atoms with Crippen molar-refractivity contribution in [2.24, 2.45) is 0 Å². The third-order valence-electron chi connectivity index (χ3n) is 3.46. The van der Waals surface area contributed by atoms with Gasteiger partial charge >= 0.3 is 0 Å². The molecule has 0 saturated heterocycles. The Morgan fingerprint density at radius 1 is 1.32 bits per heavy atom. The minimum Gasteiger partial charge on any atom is -0.349 e. The molecule has 22 heavy (non-hydrogen) atoms. The van der Waals surface area contributed by atoms with Gasteiger partial charge in [0.15, 0.2) is 5.16 Å². The fourth-order valence-corrected chi connectivity index (χ4v) is 3.11. The molecule has 1 atom stereocenters. The lowest BCUT2D eigenvalue weighted by Crippen LogP contribution is -2.28. The number of carbonyl (C=O) groups is 1. The fourth-order valence-electron chi connectivity index (χ4n) is 2.25. The molecular formula is C16H22N4OS. The summed E-state index contributed by atoms with van der Waals surface area (Å²) in [5.74, 6) is 0.334. The highest BCUT2D eigenvalue weighted by molar-refractivity contribution is 7.99. The first-order valence-electron chi connectivity index (χ1n) is 7.36. The molecule has 1 heterocycles. The number of hydrogen-bond acceptors (Lipinski definition) is 4. The first-order chi connectivity index (χ1) is 10.5. The van der Waals surface area contributed by atoms with Gasteiger partial charge in [0.2, 0.25) is 5.91 Å². The molecule has 2 rings (SSSR count). The van der Waals surface area contributed by atoms with E-state index in [0.29, 0.717) is 5.75 Å². The zero-order valence-electron chi connectivity index (χ0n) is 13.4. The van der Waals surface area contributed by atoms with E-state index in [-0.39, 0.29) is 18.0 Å². The highest BCUT2D eigenvalue weighted by Gasteiger charge is 2.14. The maximum absolute atomic E-state index is 12.1. The van der Waals surface area contributed by atoms with E-state index in [9.17, 15) is 4.79 Å². The van der Waals surface area contributed by atoms with E-state index < -0.39 is 0 Å². The van der Waals surface area contributed by atoms with E-state index in [1.54, 1.807) is 6.33 Å². The molecule has 1 aromatic carbocycles. The lowest BCUT2D eigenvalue weighted by molar-refractivity contribution is -0.119. The number of rotatable bonds is 6. The Bertz CT molecular complexity index is 639. The van der Waals surface area contributed by atoms with Gasteiger partial charge < -0.3 is 9.88 Å². The quantitative estimate of drug-likeness (QED) is 0.831. The summed E-state index contributed by atoms with van der Waals surface area (Å²) < 4.78 is 1.96. The van der Waals surface area contributed by atoms with Crippen LogP contribution in [0.4, 0.5) is 0 Å². The van der Waals surface area contributed by atoms with Gasteiger partial charge in [0.1, 0.15) is 6.33 Å². The molecule has 0 aliphatic heterocycles. The van der Waals surface area contributed by atoms with Crippen molar-refractivity contribution < 1.29 is 4.79 Å². The van der Waals surface area contributed by atoms with Crippen LogP contribution < -0.4 is 5.32 Å². The fraction of sp³-hybridized carbons (Fsp3) is 0.438. The predicted octanol–water partition coefficient (Wildman–Crippen LogP) is 3.14. The summed E-state index contributed by atoms with van der Waals surface area (Å²) >= 11 is 1.41. The zero-order chi connectivity index (χ0) is 16.1. The molecule has 0 saturated carbocycles. The minimum atomic E-state index is -0.00253. The SMILES string of the molecule is Cc1ccccc1C(C)NC(=O)CSc1nncn1C(C)C. The lowest BCUT2D eigenvalue weighted by atomic mass is 10.0. The lowest BCUT2D eigenvalue weighted by Gasteiger charge is -2.16. The van der Waals surface area contributed by atoms with Crippen molar-refractivity contribution in [2.75, 3.05) is 5.75 Å². The van der Waals surface area contributed by atoms with Gasteiger partial charge in [-0.3, -0.25) is 4.79 Å². The topological polar surface area (TPSA) is 59.8 Å². The van der Waals surface area contributed by atoms with Crippen molar-refractivity contribution in [3.8, 4) is 0 Å². The smallest absolute Gasteiger partial charge is 0.230 e. The number of thioether (sulfide) groups is 1. The second-order valence-corrected chi connectivity index (χ2v) is 6.49. The van der Waals surface area contributed by atoms with Gasteiger partial charge in [-0.25, -0.2) is 0 Å². The molecule has 0 fully saturated rings. The standard InChI is InChI=1S/C16H22N4OS/c1-11(2)20-10-17-19-16(20)22-9-15(21)18-13(4)14-8-6-5-7-12(14)3/h5-8,10-11,13H,9H2,1-4H3,(H,18,21). The summed E-state index contributed by atoms with van der Waals surface area (Å²) in [6.07, 6.45) is 1.70. The van der Waals surface area contributed by atoms with Crippen LogP contribution >= 0.6 is 11.8 Å². The first kappa shape index (κ1) is 16.5. The zero-order valence-corrected chi connectivity index (χ0v) is 14.2. The summed E-state index contributed by atoms with van der Waals surface area (Å²) in [5, 5.41) is 11.8. The van der Waals surface area contributed by atoms with E-state index in [0.717, 1.165) is 10.7 Å². The number of nitrogens with one attached hydrogen (secondary N) is 1. The van der Waals surface area contributed by atoms with E-state index in [1.807, 2.05) is 29.7 Å². The van der Waals surface area contributed by atoms with Crippen molar-refractivity contribution in [3.63, 3.8) is 0 Å². The van der Waals surface area contributed by atoms with Gasteiger partial charge in [-0.05, 0) is 38.8 Å². The molecule has 0 aliphatic rings. The molecule has 1 amide bonds. The van der Waals surface area contributed by atoms with Crippen LogP contribution in [0.1, 0.15) is 44.0 Å². The monoisotopic (exact) mass is 318 g/mol. The minimum absolute atomic E-state index is 0.000871. The van der Waals surface area contributed by atoms with Crippen LogP contribution in [0.25, 0.3) is 0 Å². The normalized spacial score (nSPS) is 12.4. The van der Waals surface area contributed by atoms with Crippen molar-refractivity contribution in [2.45, 2.75) is 44.9 Å². The van der Waals surface area contributed by atoms with Crippen LogP contribution in [0.2, 0.25) is 0 Å². The summed E-state index contributed by atoms with van der Waals surface area (Å²) in [6.45, 7) is 8.18. The molecule has 1 aromatic heterocycles. The Kier molecular flexibility index (Phi) is 5.60. The van der Waals surface area contributed by atoms with Crippen LogP contribution in [-0.4, -0.2) is 26.4 Å². The Hall–Kier alpha value is -1.82. The van der Waals surface area contributed by atoms with Crippen molar-refractivity contribution >= 4 is 17.7 Å². The van der Waals surface area contributed by atoms with Crippen LogP contribution in [0, 0.1) is 6.92 Å². The second-order valence-electron chi connectivity index (χ2n) is 5.55. The number of aromatic nitrogens is 3. The number of hydrogen-bond donors (Lipinski definition) is 1. The van der Waals surface area contributed by atoms with Gasteiger partial charge in [-0.2, -0.15) is 0 Å². The maximum Gasteiger partial charge on any atom is 0.230 e. The van der Waals surface area contributed by atoms with Gasteiger partial charge in [-0.15, -0.1) is 10.2 Å². The van der Waals surface area contributed by atoms with Crippen LogP contribution in [0.15, 0.2) is 35.7 Å². The number of aryl methyl sites for hydroxylation is 1. The molecular weight excluding hydrogens is 296 g/mol. The molecule has 0 spiro atoms. The Morgan fingerprint density at radius 3 is 2.73 bits per heavy atom. The average Bonchev–Trinajstić information content (AvgIpc) is 2.94. The van der Waals surface area contributed by atoms with Gasteiger partial charge in [0.05, 0.1) is 11.8 Å². The molecule has 0 radical (unpaired) electrons. The molecule has 2 aromatic rings. The van der Waals surface area contributed by atoms with E-state index in [2.05, 4.69) is 42.4 Å². The molecule has 118 valence electrons. The summed E-state index contributed by atoms with van der Waals surface area (Å²) in [7, 11) is 0. The number of nitrogens with zero attached hydrogens (tertiary/aromatic N) is 3. The summed E-state index contributed by atoms with van der Waals surface area (Å²) in [5.41, 5.74) is 2.33. The summed E-state index contributed by atoms with van der Waals surface area (Å²) in [4.78, 5) is 12.1. The van der Waals surface area contributed by atoms with Crippen LogP contribution in [0.3, 0.4) is 0 Å². The van der Waals surface area contributed by atoms with Crippen LogP contribution in [-0.2, 0) is 4.79 Å². The molecule has 1 unspecified atom stereocenters.